The van der Waals surface area contributed by atoms with Crippen molar-refractivity contribution in [3.8, 4) is 0 Å². The SMILES string of the molecule is CC1(C)CC(=O)C2=C(C1)Nc1ccccc1N(C(=O)Cc1ccc(Cl)cc1)[C@@H]2c1cccnc1. The fourth-order valence-corrected chi connectivity index (χ4v) is 5.10. The number of fused-ring (bicyclic) bond motifs is 1. The highest BCUT2D eigenvalue weighted by molar-refractivity contribution is 6.30. The van der Waals surface area contributed by atoms with Gasteiger partial charge in [0.1, 0.15) is 0 Å². The Bertz CT molecular complexity index is 1280. The third-order valence-electron chi connectivity index (χ3n) is 6.44. The lowest BCUT2D eigenvalue weighted by Crippen LogP contribution is -2.40. The first-order chi connectivity index (χ1) is 16.3. The van der Waals surface area contributed by atoms with E-state index < -0.39 is 6.04 Å². The van der Waals surface area contributed by atoms with Crippen LogP contribution in [0.3, 0.4) is 0 Å². The van der Waals surface area contributed by atoms with Gasteiger partial charge < -0.3 is 5.32 Å². The first-order valence-electron chi connectivity index (χ1n) is 11.4. The number of rotatable bonds is 3. The van der Waals surface area contributed by atoms with Gasteiger partial charge in [0.25, 0.3) is 0 Å². The summed E-state index contributed by atoms with van der Waals surface area (Å²) in [5.74, 6) is -0.0403. The quantitative estimate of drug-likeness (QED) is 0.499. The summed E-state index contributed by atoms with van der Waals surface area (Å²) in [5.41, 5.74) is 4.59. The van der Waals surface area contributed by atoms with E-state index in [9.17, 15) is 9.59 Å². The molecule has 2 aromatic carbocycles. The smallest absolute Gasteiger partial charge is 0.232 e. The molecule has 0 unspecified atom stereocenters. The molecule has 6 heteroatoms. The van der Waals surface area contributed by atoms with Gasteiger partial charge in [0.05, 0.1) is 23.8 Å². The average Bonchev–Trinajstić information content (AvgIpc) is 2.94. The number of pyridine rings is 1. The number of carbonyl (C=O) groups excluding carboxylic acids is 2. The predicted octanol–water partition coefficient (Wildman–Crippen LogP) is 6.12. The number of anilines is 2. The molecule has 172 valence electrons. The van der Waals surface area contributed by atoms with E-state index in [1.54, 1.807) is 29.4 Å². The van der Waals surface area contributed by atoms with Crippen LogP contribution in [0.5, 0.6) is 0 Å². The highest BCUT2D eigenvalue weighted by atomic mass is 35.5. The lowest BCUT2D eigenvalue weighted by atomic mass is 9.73. The van der Waals surface area contributed by atoms with Gasteiger partial charge in [-0.15, -0.1) is 0 Å². The van der Waals surface area contributed by atoms with Crippen molar-refractivity contribution in [3.63, 3.8) is 0 Å². The van der Waals surface area contributed by atoms with Gasteiger partial charge in [0.2, 0.25) is 5.91 Å². The van der Waals surface area contributed by atoms with Crippen molar-refractivity contribution in [2.75, 3.05) is 10.2 Å². The van der Waals surface area contributed by atoms with E-state index in [4.69, 9.17) is 11.6 Å². The van der Waals surface area contributed by atoms with Gasteiger partial charge in [0.15, 0.2) is 5.78 Å². The fraction of sp³-hybridized carbons (Fsp3) is 0.250. The molecule has 0 fully saturated rings. The molecule has 1 atom stereocenters. The first-order valence-corrected chi connectivity index (χ1v) is 11.8. The third kappa shape index (κ3) is 4.24. The summed E-state index contributed by atoms with van der Waals surface area (Å²) in [6.45, 7) is 4.21. The van der Waals surface area contributed by atoms with Crippen LogP contribution in [0.25, 0.3) is 0 Å². The predicted molar refractivity (Wildman–Crippen MR) is 135 cm³/mol. The molecule has 2 aliphatic rings. The minimum absolute atomic E-state index is 0.0599. The van der Waals surface area contributed by atoms with E-state index in [2.05, 4.69) is 24.1 Å². The molecule has 3 aromatic rings. The molecule has 1 N–H and O–H groups in total. The molecular formula is C28H26ClN3O2. The second-order valence-electron chi connectivity index (χ2n) is 9.73. The Morgan fingerprint density at radius 3 is 2.59 bits per heavy atom. The zero-order chi connectivity index (χ0) is 23.9. The Balaban J connectivity index is 1.70. The third-order valence-corrected chi connectivity index (χ3v) is 6.69. The molecule has 0 spiro atoms. The Hall–Kier alpha value is -3.44. The second-order valence-corrected chi connectivity index (χ2v) is 10.2. The maximum Gasteiger partial charge on any atom is 0.232 e. The van der Waals surface area contributed by atoms with Crippen molar-refractivity contribution in [2.45, 2.75) is 39.2 Å². The molecule has 1 amide bonds. The average molecular weight is 472 g/mol. The summed E-state index contributed by atoms with van der Waals surface area (Å²) in [7, 11) is 0. The molecule has 0 bridgehead atoms. The summed E-state index contributed by atoms with van der Waals surface area (Å²) in [4.78, 5) is 33.7. The number of hydrogen-bond acceptors (Lipinski definition) is 4. The second kappa shape index (κ2) is 8.73. The van der Waals surface area contributed by atoms with Crippen LogP contribution < -0.4 is 10.2 Å². The van der Waals surface area contributed by atoms with Crippen LogP contribution in [0.15, 0.2) is 84.3 Å². The number of carbonyl (C=O) groups is 2. The number of aromatic nitrogens is 1. The maximum atomic E-state index is 14.0. The molecule has 0 saturated heterocycles. The molecule has 1 aliphatic carbocycles. The summed E-state index contributed by atoms with van der Waals surface area (Å²) < 4.78 is 0. The van der Waals surface area contributed by atoms with Crippen LogP contribution in [-0.2, 0) is 16.0 Å². The van der Waals surface area contributed by atoms with E-state index in [-0.39, 0.29) is 23.5 Å². The van der Waals surface area contributed by atoms with Gasteiger partial charge in [-0.1, -0.05) is 55.8 Å². The summed E-state index contributed by atoms with van der Waals surface area (Å²) in [6, 6.07) is 18.3. The van der Waals surface area contributed by atoms with Gasteiger partial charge >= 0.3 is 0 Å². The lowest BCUT2D eigenvalue weighted by molar-refractivity contribution is -0.119. The van der Waals surface area contributed by atoms with Crippen LogP contribution >= 0.6 is 11.6 Å². The number of para-hydroxylation sites is 2. The van der Waals surface area contributed by atoms with Gasteiger partial charge in [0, 0.05) is 35.1 Å². The standard InChI is InChI=1S/C28H26ClN3O2/c1-28(2)15-22-26(24(33)16-28)27(19-6-5-13-30-17-19)32(23-8-4-3-7-21(23)31-22)25(34)14-18-9-11-20(29)12-10-18/h3-13,17,27,31H,14-16H2,1-2H3/t27-/m1/s1. The number of hydrogen-bond donors (Lipinski definition) is 1. The van der Waals surface area contributed by atoms with E-state index >= 15 is 0 Å². The molecular weight excluding hydrogens is 446 g/mol. The van der Waals surface area contributed by atoms with E-state index in [0.29, 0.717) is 17.0 Å². The molecule has 5 rings (SSSR count). The van der Waals surface area contributed by atoms with Crippen LogP contribution in [0.4, 0.5) is 11.4 Å². The van der Waals surface area contributed by atoms with Crippen molar-refractivity contribution >= 4 is 34.7 Å². The van der Waals surface area contributed by atoms with Crippen molar-refractivity contribution < 1.29 is 9.59 Å². The van der Waals surface area contributed by atoms with Gasteiger partial charge in [-0.3, -0.25) is 19.5 Å². The molecule has 1 aliphatic heterocycles. The highest BCUT2D eigenvalue weighted by Gasteiger charge is 2.43. The fourth-order valence-electron chi connectivity index (χ4n) is 4.98. The van der Waals surface area contributed by atoms with Gasteiger partial charge in [-0.2, -0.15) is 0 Å². The van der Waals surface area contributed by atoms with Crippen molar-refractivity contribution in [1.82, 2.24) is 4.98 Å². The molecule has 34 heavy (non-hydrogen) atoms. The monoisotopic (exact) mass is 471 g/mol. The van der Waals surface area contributed by atoms with Crippen molar-refractivity contribution in [3.05, 3.63) is 100 Å². The normalized spacial score (nSPS) is 19.1. The molecule has 0 saturated carbocycles. The van der Waals surface area contributed by atoms with E-state index in [1.807, 2.05) is 48.5 Å². The zero-order valence-corrected chi connectivity index (χ0v) is 20.0. The van der Waals surface area contributed by atoms with Crippen molar-refractivity contribution in [2.24, 2.45) is 5.41 Å². The van der Waals surface area contributed by atoms with Gasteiger partial charge in [-0.25, -0.2) is 0 Å². The number of amides is 1. The number of ketones is 1. The number of Topliss-reactive ketones (excluding diaryl/α,β-unsaturated/α-hetero) is 1. The number of allylic oxidation sites excluding steroid dienone is 1. The Morgan fingerprint density at radius 1 is 1.09 bits per heavy atom. The van der Waals surface area contributed by atoms with Crippen LogP contribution in [0.2, 0.25) is 5.02 Å². The molecule has 2 heterocycles. The molecule has 1 aromatic heterocycles. The Morgan fingerprint density at radius 2 is 1.85 bits per heavy atom. The lowest BCUT2D eigenvalue weighted by Gasteiger charge is -2.37. The maximum absolute atomic E-state index is 14.0. The first kappa shape index (κ1) is 22.4. The highest BCUT2D eigenvalue weighted by Crippen LogP contribution is 2.48. The van der Waals surface area contributed by atoms with Crippen LogP contribution in [-0.4, -0.2) is 16.7 Å². The topological polar surface area (TPSA) is 62.3 Å². The summed E-state index contributed by atoms with van der Waals surface area (Å²) in [6.07, 6.45) is 4.79. The van der Waals surface area contributed by atoms with Crippen LogP contribution in [0.1, 0.15) is 43.9 Å². The number of benzene rings is 2. The number of nitrogens with one attached hydrogen (secondary N) is 1. The zero-order valence-electron chi connectivity index (χ0n) is 19.2. The Kier molecular flexibility index (Phi) is 5.74. The van der Waals surface area contributed by atoms with Gasteiger partial charge in [-0.05, 0) is 53.3 Å². The van der Waals surface area contributed by atoms with Crippen LogP contribution in [0, 0.1) is 5.41 Å². The number of halogens is 1. The molecule has 0 radical (unpaired) electrons. The number of nitrogens with zero attached hydrogens (tertiary/aromatic N) is 2. The van der Waals surface area contributed by atoms with Crippen molar-refractivity contribution in [1.29, 1.82) is 0 Å². The van der Waals surface area contributed by atoms with E-state index in [0.717, 1.165) is 34.6 Å². The largest absolute Gasteiger partial charge is 0.357 e. The Labute approximate surface area is 204 Å². The summed E-state index contributed by atoms with van der Waals surface area (Å²) in [5, 5.41) is 4.15. The minimum atomic E-state index is -0.566. The van der Waals surface area contributed by atoms with E-state index in [1.165, 1.54) is 0 Å². The summed E-state index contributed by atoms with van der Waals surface area (Å²) >= 11 is 6.05. The molecule has 5 nitrogen and oxygen atoms in total. The minimum Gasteiger partial charge on any atom is -0.357 e.